The first-order valence-corrected chi connectivity index (χ1v) is 12.4. The summed E-state index contributed by atoms with van der Waals surface area (Å²) in [5, 5.41) is 21.5. The van der Waals surface area contributed by atoms with Crippen LogP contribution in [-0.4, -0.2) is 29.2 Å². The van der Waals surface area contributed by atoms with Crippen LogP contribution in [0.2, 0.25) is 5.02 Å². The number of nitrogens with one attached hydrogen (secondary N) is 2. The highest BCUT2D eigenvalue weighted by atomic mass is 35.5. The number of anilines is 1. The number of aromatic nitrogens is 2. The summed E-state index contributed by atoms with van der Waals surface area (Å²) in [6.45, 7) is 3.21. The molecule has 0 aliphatic heterocycles. The summed E-state index contributed by atoms with van der Waals surface area (Å²) in [5.74, 6) is -3.07. The van der Waals surface area contributed by atoms with Crippen LogP contribution in [0.3, 0.4) is 0 Å². The Kier molecular flexibility index (Phi) is 7.96. The average molecular weight is 551 g/mol. The molecule has 1 atom stereocenters. The molecule has 4 rings (SSSR count). The number of pyridine rings is 1. The fourth-order valence-electron chi connectivity index (χ4n) is 4.81. The molecular weight excluding hydrogens is 525 g/mol. The number of rotatable bonds is 6. The predicted molar refractivity (Wildman–Crippen MR) is 133 cm³/mol. The lowest BCUT2D eigenvalue weighted by Crippen LogP contribution is -2.50. The van der Waals surface area contributed by atoms with Crippen LogP contribution in [0, 0.1) is 30.9 Å². The number of alkyl halides is 3. The maximum atomic E-state index is 13.3. The Morgan fingerprint density at radius 3 is 2.37 bits per heavy atom. The molecule has 2 aromatic heterocycles. The smallest absolute Gasteiger partial charge is 0.391 e. The molecule has 202 valence electrons. The van der Waals surface area contributed by atoms with E-state index in [-0.39, 0.29) is 31.2 Å². The minimum absolute atomic E-state index is 0.119. The molecule has 0 spiro atoms. The Balaban J connectivity index is 1.53. The van der Waals surface area contributed by atoms with Gasteiger partial charge in [-0.2, -0.15) is 17.9 Å². The van der Waals surface area contributed by atoms with E-state index in [9.17, 15) is 28.0 Å². The van der Waals surface area contributed by atoms with E-state index in [4.69, 9.17) is 16.1 Å². The first-order chi connectivity index (χ1) is 18.0. The molecule has 38 heavy (non-hydrogen) atoms. The number of halogens is 4. The fourth-order valence-corrected chi connectivity index (χ4v) is 5.11. The molecule has 0 radical (unpaired) electrons. The molecule has 2 N–H and O–H groups in total. The van der Waals surface area contributed by atoms with Gasteiger partial charge in [-0.25, -0.2) is 0 Å². The highest BCUT2D eigenvalue weighted by molar-refractivity contribution is 6.33. The van der Waals surface area contributed by atoms with E-state index in [1.807, 2.05) is 0 Å². The second-order valence-corrected chi connectivity index (χ2v) is 9.84. The van der Waals surface area contributed by atoms with Gasteiger partial charge < -0.3 is 20.4 Å². The Bertz CT molecular complexity index is 1320. The molecular formula is C26H26ClF3N4O4. The second kappa shape index (κ2) is 11.0. The van der Waals surface area contributed by atoms with Crippen LogP contribution in [0.15, 0.2) is 47.3 Å². The van der Waals surface area contributed by atoms with Crippen LogP contribution in [0.25, 0.3) is 11.1 Å². The summed E-state index contributed by atoms with van der Waals surface area (Å²) in [4.78, 5) is 26.2. The molecule has 0 unspecified atom stereocenters. The van der Waals surface area contributed by atoms with Gasteiger partial charge in [0.15, 0.2) is 11.9 Å². The van der Waals surface area contributed by atoms with Crippen molar-refractivity contribution in [3.8, 4) is 11.1 Å². The van der Waals surface area contributed by atoms with Gasteiger partial charge in [0.25, 0.3) is 5.91 Å². The summed E-state index contributed by atoms with van der Waals surface area (Å²) in [5.41, 5.74) is 2.50. The second-order valence-electron chi connectivity index (χ2n) is 9.43. The van der Waals surface area contributed by atoms with Gasteiger partial charge in [0.2, 0.25) is 5.91 Å². The zero-order valence-electron chi connectivity index (χ0n) is 20.6. The lowest BCUT2D eigenvalue weighted by atomic mass is 9.78. The zero-order chi connectivity index (χ0) is 27.6. The van der Waals surface area contributed by atoms with Crippen LogP contribution in [0.5, 0.6) is 0 Å². The highest BCUT2D eigenvalue weighted by Gasteiger charge is 2.44. The Morgan fingerprint density at radius 1 is 1.13 bits per heavy atom. The lowest BCUT2D eigenvalue weighted by Gasteiger charge is -2.34. The van der Waals surface area contributed by atoms with E-state index in [1.165, 1.54) is 12.3 Å². The standard InChI is InChI=1S/C26H26ClF3N4O4/c1-14-20(13-38-33-14)24(35)32-23(17-3-7-18(8-4-17)26(28,29)30)25(36)31-19-9-5-16(6-10-19)22-15(2)34(37)12-11-21(22)27/h5-6,9-13,17-18,23H,3-4,7-8H2,1-2H3,(H,31,36)(H,32,35)/t17?,18?,23-/m0/s1. The first kappa shape index (κ1) is 27.4. The molecule has 12 heteroatoms. The molecule has 0 bridgehead atoms. The molecule has 1 fully saturated rings. The number of nitrogens with zero attached hydrogens (tertiary/aromatic N) is 2. The summed E-state index contributed by atoms with van der Waals surface area (Å²) >= 11 is 6.28. The Labute approximate surface area is 221 Å². The van der Waals surface area contributed by atoms with Gasteiger partial charge in [0.1, 0.15) is 17.9 Å². The summed E-state index contributed by atoms with van der Waals surface area (Å²) in [6.07, 6.45) is -1.80. The number of carbonyl (C=O) groups excluding carboxylic acids is 2. The van der Waals surface area contributed by atoms with Gasteiger partial charge in [0, 0.05) is 18.7 Å². The number of carbonyl (C=O) groups is 2. The van der Waals surface area contributed by atoms with E-state index >= 15 is 0 Å². The number of amides is 2. The third kappa shape index (κ3) is 5.93. The maximum absolute atomic E-state index is 13.3. The van der Waals surface area contributed by atoms with Crippen LogP contribution in [0.4, 0.5) is 18.9 Å². The third-order valence-corrected chi connectivity index (χ3v) is 7.31. The largest absolute Gasteiger partial charge is 0.618 e. The number of benzene rings is 1. The van der Waals surface area contributed by atoms with Crippen LogP contribution in [0.1, 0.15) is 47.4 Å². The molecule has 1 aliphatic carbocycles. The summed E-state index contributed by atoms with van der Waals surface area (Å²) in [7, 11) is 0. The average Bonchev–Trinajstić information content (AvgIpc) is 3.31. The number of hydrogen-bond donors (Lipinski definition) is 2. The van der Waals surface area contributed by atoms with Gasteiger partial charge in [-0.1, -0.05) is 28.9 Å². The Morgan fingerprint density at radius 2 is 1.79 bits per heavy atom. The third-order valence-electron chi connectivity index (χ3n) is 7.00. The van der Waals surface area contributed by atoms with E-state index in [1.54, 1.807) is 38.1 Å². The fraction of sp³-hybridized carbons (Fsp3) is 0.385. The van der Waals surface area contributed by atoms with Crippen molar-refractivity contribution in [3.05, 3.63) is 70.0 Å². The Hall–Kier alpha value is -3.60. The van der Waals surface area contributed by atoms with Gasteiger partial charge in [-0.3, -0.25) is 9.59 Å². The van der Waals surface area contributed by atoms with Gasteiger partial charge in [-0.15, -0.1) is 0 Å². The van der Waals surface area contributed by atoms with Crippen LogP contribution >= 0.6 is 11.6 Å². The van der Waals surface area contributed by atoms with Crippen molar-refractivity contribution in [3.63, 3.8) is 0 Å². The van der Waals surface area contributed by atoms with Crippen molar-refractivity contribution in [1.29, 1.82) is 0 Å². The maximum Gasteiger partial charge on any atom is 0.391 e. The van der Waals surface area contributed by atoms with Crippen LogP contribution < -0.4 is 15.4 Å². The molecule has 2 amide bonds. The number of aryl methyl sites for hydroxylation is 1. The van der Waals surface area contributed by atoms with E-state index in [2.05, 4.69) is 15.8 Å². The molecule has 1 aromatic carbocycles. The normalized spacial score (nSPS) is 18.6. The van der Waals surface area contributed by atoms with Crippen molar-refractivity contribution in [2.45, 2.75) is 51.7 Å². The summed E-state index contributed by atoms with van der Waals surface area (Å²) < 4.78 is 45.1. The SMILES string of the molecule is Cc1nocc1C(=O)N[C@H](C(=O)Nc1ccc(-c2c(Cl)cc[n+]([O-])c2C)cc1)C1CCC(C(F)(F)F)CC1. The molecule has 3 aromatic rings. The van der Waals surface area contributed by atoms with Gasteiger partial charge in [-0.05, 0) is 56.2 Å². The van der Waals surface area contributed by atoms with Gasteiger partial charge >= 0.3 is 6.18 Å². The van der Waals surface area contributed by atoms with Crippen molar-refractivity contribution < 1.29 is 32.0 Å². The molecule has 1 aliphatic rings. The predicted octanol–water partition coefficient (Wildman–Crippen LogP) is 5.35. The monoisotopic (exact) mass is 550 g/mol. The lowest BCUT2D eigenvalue weighted by molar-refractivity contribution is -0.611. The minimum Gasteiger partial charge on any atom is -0.618 e. The molecule has 2 heterocycles. The minimum atomic E-state index is -4.29. The van der Waals surface area contributed by atoms with Crippen molar-refractivity contribution in [1.82, 2.24) is 10.5 Å². The topological polar surface area (TPSA) is 111 Å². The van der Waals surface area contributed by atoms with Crippen molar-refractivity contribution >= 4 is 29.1 Å². The van der Waals surface area contributed by atoms with Crippen molar-refractivity contribution in [2.75, 3.05) is 5.32 Å². The van der Waals surface area contributed by atoms with E-state index in [0.29, 0.717) is 38.0 Å². The first-order valence-electron chi connectivity index (χ1n) is 12.0. The number of hydrogen-bond acceptors (Lipinski definition) is 5. The van der Waals surface area contributed by atoms with Gasteiger partial charge in [0.05, 0.1) is 22.2 Å². The molecule has 1 saturated carbocycles. The highest BCUT2D eigenvalue weighted by Crippen LogP contribution is 2.40. The van der Waals surface area contributed by atoms with Crippen LogP contribution in [-0.2, 0) is 4.79 Å². The quantitative estimate of drug-likeness (QED) is 0.317. The summed E-state index contributed by atoms with van der Waals surface area (Å²) in [6, 6.07) is 7.03. The molecule has 8 nitrogen and oxygen atoms in total. The van der Waals surface area contributed by atoms with E-state index < -0.39 is 35.9 Å². The van der Waals surface area contributed by atoms with Crippen molar-refractivity contribution in [2.24, 2.45) is 11.8 Å². The zero-order valence-corrected chi connectivity index (χ0v) is 21.4. The van der Waals surface area contributed by atoms with E-state index in [0.717, 1.165) is 6.26 Å². The molecule has 0 saturated heterocycles.